The third-order valence-corrected chi connectivity index (χ3v) is 1.95. The van der Waals surface area contributed by atoms with Gasteiger partial charge in [0.1, 0.15) is 0 Å². The highest BCUT2D eigenvalue weighted by Gasteiger charge is 2.25. The molecule has 66 valence electrons. The van der Waals surface area contributed by atoms with Crippen LogP contribution < -0.4 is 0 Å². The fourth-order valence-electron chi connectivity index (χ4n) is 1.21. The summed E-state index contributed by atoms with van der Waals surface area (Å²) in [6, 6.07) is 0. The van der Waals surface area contributed by atoms with Crippen LogP contribution in [-0.4, -0.2) is 17.0 Å². The number of aliphatic hydroxyl groups is 1. The zero-order valence-electron chi connectivity index (χ0n) is 7.23. The molecule has 12 heavy (non-hydrogen) atoms. The summed E-state index contributed by atoms with van der Waals surface area (Å²) in [6.07, 6.45) is 8.19. The predicted molar refractivity (Wildman–Crippen MR) is 47.7 cm³/mol. The summed E-state index contributed by atoms with van der Waals surface area (Å²) >= 11 is 0. The highest BCUT2D eigenvalue weighted by atomic mass is 16.3. The number of carbonyl (C=O) groups is 1. The van der Waals surface area contributed by atoms with Crippen molar-refractivity contribution in [1.82, 2.24) is 0 Å². The van der Waals surface area contributed by atoms with Crippen LogP contribution in [-0.2, 0) is 4.79 Å². The van der Waals surface area contributed by atoms with Gasteiger partial charge in [-0.1, -0.05) is 31.6 Å². The lowest BCUT2D eigenvalue weighted by molar-refractivity contribution is -0.117. The number of carbonyl (C=O) groups excluding carboxylic acids is 1. The normalized spacial score (nSPS) is 29.0. The zero-order chi connectivity index (χ0) is 8.97. The van der Waals surface area contributed by atoms with E-state index in [1.54, 1.807) is 12.2 Å². The predicted octanol–water partition coefficient (Wildman–Crippen LogP) is 1.46. The molecule has 0 heterocycles. The molecule has 0 amide bonds. The van der Waals surface area contributed by atoms with Crippen molar-refractivity contribution in [3.05, 3.63) is 24.3 Å². The molecule has 2 nitrogen and oxygen atoms in total. The first kappa shape index (κ1) is 9.20. The van der Waals surface area contributed by atoms with Crippen molar-refractivity contribution in [2.45, 2.75) is 25.9 Å². The van der Waals surface area contributed by atoms with E-state index in [-0.39, 0.29) is 11.7 Å². The van der Waals surface area contributed by atoms with Gasteiger partial charge in [-0.2, -0.15) is 0 Å². The van der Waals surface area contributed by atoms with E-state index in [4.69, 9.17) is 0 Å². The quantitative estimate of drug-likeness (QED) is 0.644. The second-order valence-corrected chi connectivity index (χ2v) is 2.99. The molecule has 0 fully saturated rings. The van der Waals surface area contributed by atoms with Gasteiger partial charge in [0.15, 0.2) is 5.78 Å². The van der Waals surface area contributed by atoms with Gasteiger partial charge in [-0.05, 0) is 12.5 Å². The molecule has 0 aromatic carbocycles. The zero-order valence-corrected chi connectivity index (χ0v) is 7.23. The molecule has 2 atom stereocenters. The van der Waals surface area contributed by atoms with Crippen LogP contribution in [0.3, 0.4) is 0 Å². The van der Waals surface area contributed by atoms with Gasteiger partial charge in [0.05, 0.1) is 12.0 Å². The number of aliphatic hydroxyl groups excluding tert-OH is 1. The van der Waals surface area contributed by atoms with E-state index in [0.717, 1.165) is 12.8 Å². The van der Waals surface area contributed by atoms with Gasteiger partial charge >= 0.3 is 0 Å². The molecule has 0 radical (unpaired) electrons. The number of hydrogen-bond acceptors (Lipinski definition) is 2. The van der Waals surface area contributed by atoms with Gasteiger partial charge in [0.25, 0.3) is 0 Å². The molecule has 2 heteroatoms. The molecule has 0 aromatic rings. The van der Waals surface area contributed by atoms with E-state index < -0.39 is 6.10 Å². The summed E-state index contributed by atoms with van der Waals surface area (Å²) in [5, 5.41) is 9.30. The summed E-state index contributed by atoms with van der Waals surface area (Å²) in [5.74, 6) is -0.314. The molecule has 0 spiro atoms. The Hall–Kier alpha value is -0.890. The van der Waals surface area contributed by atoms with Crippen molar-refractivity contribution in [1.29, 1.82) is 0 Å². The van der Waals surface area contributed by atoms with Crippen LogP contribution in [0.5, 0.6) is 0 Å². The van der Waals surface area contributed by atoms with Crippen LogP contribution >= 0.6 is 0 Å². The smallest absolute Gasteiger partial charge is 0.165 e. The Kier molecular flexibility index (Phi) is 3.23. The molecule has 0 bridgehead atoms. The Morgan fingerprint density at radius 3 is 2.92 bits per heavy atom. The van der Waals surface area contributed by atoms with Gasteiger partial charge in [-0.15, -0.1) is 0 Å². The number of hydrogen-bond donors (Lipinski definition) is 1. The monoisotopic (exact) mass is 166 g/mol. The van der Waals surface area contributed by atoms with Gasteiger partial charge < -0.3 is 5.11 Å². The average molecular weight is 166 g/mol. The summed E-state index contributed by atoms with van der Waals surface area (Å²) in [4.78, 5) is 11.1. The second kappa shape index (κ2) is 4.21. The Labute approximate surface area is 72.6 Å². The molecule has 0 aromatic heterocycles. The highest BCUT2D eigenvalue weighted by molar-refractivity contribution is 5.96. The Morgan fingerprint density at radius 2 is 2.42 bits per heavy atom. The summed E-state index contributed by atoms with van der Waals surface area (Å²) in [5.41, 5.74) is 0. The van der Waals surface area contributed by atoms with Crippen molar-refractivity contribution < 1.29 is 9.90 Å². The molecule has 1 N–H and O–H groups in total. The van der Waals surface area contributed by atoms with Crippen molar-refractivity contribution in [3.8, 4) is 0 Å². The lowest BCUT2D eigenvalue weighted by Gasteiger charge is -2.06. The SMILES string of the molecule is CCC/C=C\C1C(=O)C=CC1O. The lowest BCUT2D eigenvalue weighted by atomic mass is 10.0. The molecule has 1 aliphatic rings. The minimum absolute atomic E-state index is 0.00912. The average Bonchev–Trinajstić information content (AvgIpc) is 2.35. The maximum atomic E-state index is 11.1. The van der Waals surface area contributed by atoms with Crippen molar-refractivity contribution in [2.24, 2.45) is 5.92 Å². The molecule has 0 saturated heterocycles. The highest BCUT2D eigenvalue weighted by Crippen LogP contribution is 2.16. The van der Waals surface area contributed by atoms with Crippen LogP contribution in [0.4, 0.5) is 0 Å². The van der Waals surface area contributed by atoms with Gasteiger partial charge in [-0.3, -0.25) is 4.79 Å². The summed E-state index contributed by atoms with van der Waals surface area (Å²) in [7, 11) is 0. The Morgan fingerprint density at radius 1 is 1.67 bits per heavy atom. The van der Waals surface area contributed by atoms with E-state index in [0.29, 0.717) is 0 Å². The number of allylic oxidation sites excluding steroid dienone is 2. The third kappa shape index (κ3) is 2.05. The molecule has 0 aliphatic heterocycles. The van der Waals surface area contributed by atoms with Crippen molar-refractivity contribution in [3.63, 3.8) is 0 Å². The number of rotatable bonds is 3. The summed E-state index contributed by atoms with van der Waals surface area (Å²) in [6.45, 7) is 2.08. The van der Waals surface area contributed by atoms with Crippen LogP contribution in [0.15, 0.2) is 24.3 Å². The molecular formula is C10H14O2. The Bertz CT molecular complexity index is 216. The van der Waals surface area contributed by atoms with E-state index >= 15 is 0 Å². The first-order valence-electron chi connectivity index (χ1n) is 4.32. The number of unbranched alkanes of at least 4 members (excludes halogenated alkanes) is 1. The molecule has 1 rings (SSSR count). The summed E-state index contributed by atoms with van der Waals surface area (Å²) < 4.78 is 0. The standard InChI is InChI=1S/C10H14O2/c1-2-3-4-5-8-9(11)6-7-10(8)12/h4-9,11H,2-3H2,1H3/b5-4-. The van der Waals surface area contributed by atoms with Gasteiger partial charge in [0, 0.05) is 0 Å². The van der Waals surface area contributed by atoms with Crippen LogP contribution in [0, 0.1) is 5.92 Å². The van der Waals surface area contributed by atoms with Gasteiger partial charge in [0.2, 0.25) is 0 Å². The lowest BCUT2D eigenvalue weighted by Crippen LogP contribution is -2.17. The van der Waals surface area contributed by atoms with E-state index in [1.165, 1.54) is 6.08 Å². The maximum absolute atomic E-state index is 11.1. The minimum Gasteiger partial charge on any atom is -0.388 e. The van der Waals surface area contributed by atoms with Crippen LogP contribution in [0.1, 0.15) is 19.8 Å². The maximum Gasteiger partial charge on any atom is 0.165 e. The number of ketones is 1. The van der Waals surface area contributed by atoms with Gasteiger partial charge in [-0.25, -0.2) is 0 Å². The fraction of sp³-hybridized carbons (Fsp3) is 0.500. The Balaban J connectivity index is 2.47. The molecular weight excluding hydrogens is 152 g/mol. The van der Waals surface area contributed by atoms with Crippen LogP contribution in [0.2, 0.25) is 0 Å². The van der Waals surface area contributed by atoms with E-state index in [1.807, 2.05) is 6.08 Å². The molecule has 2 unspecified atom stereocenters. The third-order valence-electron chi connectivity index (χ3n) is 1.95. The van der Waals surface area contributed by atoms with Crippen LogP contribution in [0.25, 0.3) is 0 Å². The minimum atomic E-state index is -0.606. The topological polar surface area (TPSA) is 37.3 Å². The molecule has 1 aliphatic carbocycles. The first-order chi connectivity index (χ1) is 5.75. The second-order valence-electron chi connectivity index (χ2n) is 2.99. The van der Waals surface area contributed by atoms with Crippen molar-refractivity contribution in [2.75, 3.05) is 0 Å². The molecule has 0 saturated carbocycles. The fourth-order valence-corrected chi connectivity index (χ4v) is 1.21. The first-order valence-corrected chi connectivity index (χ1v) is 4.32. The van der Waals surface area contributed by atoms with Crippen molar-refractivity contribution >= 4 is 5.78 Å². The van der Waals surface area contributed by atoms with E-state index in [9.17, 15) is 9.90 Å². The van der Waals surface area contributed by atoms with E-state index in [2.05, 4.69) is 6.92 Å². The largest absolute Gasteiger partial charge is 0.388 e.